The van der Waals surface area contributed by atoms with Gasteiger partial charge < -0.3 is 30.3 Å². The Morgan fingerprint density at radius 2 is 1.81 bits per heavy atom. The minimum atomic E-state index is -2.20. The van der Waals surface area contributed by atoms with Crippen molar-refractivity contribution in [1.82, 2.24) is 0 Å². The molecule has 0 unspecified atom stereocenters. The van der Waals surface area contributed by atoms with Gasteiger partial charge >= 0.3 is 0 Å². The number of ether oxygens (including phenoxy) is 1. The number of fused-ring (bicyclic) bond motifs is 2. The number of hydrogen-bond acceptors (Lipinski definition) is 7. The molecule has 0 aromatic rings. The molecule has 2 aliphatic heterocycles. The highest BCUT2D eigenvalue weighted by atomic mass is 16.6. The molecule has 2 spiro atoms. The largest absolute Gasteiger partial charge is 0.396 e. The molecule has 0 aromatic carbocycles. The molecule has 10 atom stereocenters. The van der Waals surface area contributed by atoms with Crippen LogP contribution in [0, 0.1) is 39.9 Å². The van der Waals surface area contributed by atoms with E-state index >= 15 is 0 Å². The van der Waals surface area contributed by atoms with Crippen LogP contribution in [0.4, 0.5) is 0 Å². The fraction of sp³-hybridized carbons (Fsp3) is 0.950. The maximum Gasteiger partial charge on any atom is 0.208 e. The summed E-state index contributed by atoms with van der Waals surface area (Å²) in [6, 6.07) is 0. The molecule has 27 heavy (non-hydrogen) atoms. The molecule has 2 heterocycles. The first-order valence-electron chi connectivity index (χ1n) is 10.2. The Morgan fingerprint density at radius 1 is 1.11 bits per heavy atom. The van der Waals surface area contributed by atoms with E-state index in [-0.39, 0.29) is 12.0 Å². The van der Waals surface area contributed by atoms with Crippen LogP contribution in [0.15, 0.2) is 0 Å². The molecule has 6 rings (SSSR count). The molecular formula is C20H30O7. The number of carbonyl (C=O) groups is 1. The minimum absolute atomic E-state index is 0.0662. The molecule has 5 N–H and O–H groups in total. The normalized spacial score (nSPS) is 60.9. The molecular weight excluding hydrogens is 352 g/mol. The SMILES string of the molecule is CC1(C)CC[C@H](O)[C@]23CO[C@](O)([C@@H](O)[C@H]12)[C@]12C(=O)[C@H](CO)[C@H](CC[C@@H]31)[C@H]2O. The van der Waals surface area contributed by atoms with Crippen LogP contribution in [0.25, 0.3) is 0 Å². The molecule has 152 valence electrons. The Morgan fingerprint density at radius 3 is 2.48 bits per heavy atom. The number of aliphatic hydroxyl groups excluding tert-OH is 4. The molecule has 4 saturated carbocycles. The number of carbonyl (C=O) groups excluding carboxylic acids is 1. The van der Waals surface area contributed by atoms with E-state index in [9.17, 15) is 30.3 Å². The van der Waals surface area contributed by atoms with Crippen LogP contribution in [-0.2, 0) is 9.53 Å². The summed E-state index contributed by atoms with van der Waals surface area (Å²) in [5.74, 6) is -4.76. The molecule has 7 nitrogen and oxygen atoms in total. The Kier molecular flexibility index (Phi) is 3.50. The second-order valence-corrected chi connectivity index (χ2v) is 10.3. The number of rotatable bonds is 1. The lowest BCUT2D eigenvalue weighted by atomic mass is 9.35. The third-order valence-electron chi connectivity index (χ3n) is 9.27. The van der Waals surface area contributed by atoms with Crippen LogP contribution in [-0.4, -0.2) is 68.6 Å². The van der Waals surface area contributed by atoms with Gasteiger partial charge in [0, 0.05) is 17.3 Å². The van der Waals surface area contributed by atoms with Crippen LogP contribution in [0.1, 0.15) is 39.5 Å². The fourth-order valence-corrected chi connectivity index (χ4v) is 8.31. The molecule has 4 bridgehead atoms. The lowest BCUT2D eigenvalue weighted by Gasteiger charge is -2.74. The number of aliphatic hydroxyl groups is 5. The van der Waals surface area contributed by atoms with Crippen LogP contribution < -0.4 is 0 Å². The third-order valence-corrected chi connectivity index (χ3v) is 9.27. The quantitative estimate of drug-likeness (QED) is 0.411. The van der Waals surface area contributed by atoms with E-state index in [4.69, 9.17) is 4.74 Å². The lowest BCUT2D eigenvalue weighted by molar-refractivity contribution is -0.458. The summed E-state index contributed by atoms with van der Waals surface area (Å²) in [5.41, 5.74) is -2.93. The van der Waals surface area contributed by atoms with E-state index in [0.717, 1.165) is 0 Å². The Labute approximate surface area is 158 Å². The van der Waals surface area contributed by atoms with Crippen molar-refractivity contribution in [2.24, 2.45) is 39.9 Å². The first-order valence-corrected chi connectivity index (χ1v) is 10.2. The van der Waals surface area contributed by atoms with Gasteiger partial charge in [-0.05, 0) is 42.9 Å². The standard InChI is InChI=1S/C20H30O7/c1-17(2)6-5-12(22)18-8-27-20(26,16(25)13(17)18)19-11(18)4-3-9(14(19)23)10(7-21)15(19)24/h9-14,16,21-23,25-26H,3-8H2,1-2H3/t9-,10+,11-,12-,13+,14+,16-,18+,19+,20+/m0/s1. The van der Waals surface area contributed by atoms with Crippen molar-refractivity contribution in [3.05, 3.63) is 0 Å². The molecule has 6 aliphatic rings. The molecule has 0 aromatic heterocycles. The number of hydrogen-bond donors (Lipinski definition) is 5. The van der Waals surface area contributed by atoms with Gasteiger partial charge in [0.1, 0.15) is 11.5 Å². The first kappa shape index (κ1) is 18.5. The summed E-state index contributed by atoms with van der Waals surface area (Å²) >= 11 is 0. The minimum Gasteiger partial charge on any atom is -0.396 e. The average molecular weight is 382 g/mol. The highest BCUT2D eigenvalue weighted by molar-refractivity contribution is 5.93. The van der Waals surface area contributed by atoms with Crippen LogP contribution in [0.2, 0.25) is 0 Å². The summed E-state index contributed by atoms with van der Waals surface area (Å²) in [5, 5.41) is 55.2. The van der Waals surface area contributed by atoms with Gasteiger partial charge in [0.25, 0.3) is 0 Å². The summed E-state index contributed by atoms with van der Waals surface area (Å²) < 4.78 is 5.81. The van der Waals surface area contributed by atoms with Gasteiger partial charge in [-0.3, -0.25) is 4.79 Å². The van der Waals surface area contributed by atoms with Crippen LogP contribution in [0.3, 0.4) is 0 Å². The lowest BCUT2D eigenvalue weighted by Crippen LogP contribution is -2.85. The van der Waals surface area contributed by atoms with Gasteiger partial charge in [-0.15, -0.1) is 0 Å². The topological polar surface area (TPSA) is 127 Å². The Hall–Kier alpha value is -0.570. The van der Waals surface area contributed by atoms with Crippen molar-refractivity contribution in [3.8, 4) is 0 Å². The number of Topliss-reactive ketones (excluding diaryl/α,β-unsaturated/α-hetero) is 1. The summed E-state index contributed by atoms with van der Waals surface area (Å²) in [7, 11) is 0. The van der Waals surface area contributed by atoms with Gasteiger partial charge in [-0.25, -0.2) is 0 Å². The van der Waals surface area contributed by atoms with Crippen molar-refractivity contribution in [2.75, 3.05) is 13.2 Å². The average Bonchev–Trinajstić information content (AvgIpc) is 2.74. The predicted molar refractivity (Wildman–Crippen MR) is 92.1 cm³/mol. The first-order chi connectivity index (χ1) is 12.6. The van der Waals surface area contributed by atoms with E-state index in [0.29, 0.717) is 25.7 Å². The second kappa shape index (κ2) is 5.12. The Balaban J connectivity index is 1.78. The van der Waals surface area contributed by atoms with E-state index in [2.05, 4.69) is 0 Å². The molecule has 4 aliphatic carbocycles. The summed E-state index contributed by atoms with van der Waals surface area (Å²) in [6.45, 7) is 3.73. The Bertz CT molecular complexity index is 694. The van der Waals surface area contributed by atoms with Crippen molar-refractivity contribution >= 4 is 5.78 Å². The van der Waals surface area contributed by atoms with Crippen molar-refractivity contribution in [2.45, 2.75) is 63.6 Å². The highest BCUT2D eigenvalue weighted by Gasteiger charge is 2.87. The zero-order valence-electron chi connectivity index (χ0n) is 15.8. The molecule has 6 fully saturated rings. The van der Waals surface area contributed by atoms with Crippen LogP contribution >= 0.6 is 0 Å². The van der Waals surface area contributed by atoms with E-state index in [1.54, 1.807) is 0 Å². The van der Waals surface area contributed by atoms with E-state index in [1.165, 1.54) is 0 Å². The molecule has 0 amide bonds. The maximum absolute atomic E-state index is 13.5. The molecule has 0 radical (unpaired) electrons. The molecule has 2 saturated heterocycles. The third kappa shape index (κ3) is 1.63. The zero-order valence-corrected chi connectivity index (χ0v) is 15.8. The predicted octanol–water partition coefficient (Wildman–Crippen LogP) is -0.572. The van der Waals surface area contributed by atoms with Crippen molar-refractivity contribution in [1.29, 1.82) is 0 Å². The van der Waals surface area contributed by atoms with Gasteiger partial charge in [0.05, 0.1) is 25.4 Å². The van der Waals surface area contributed by atoms with Gasteiger partial charge in [-0.2, -0.15) is 0 Å². The smallest absolute Gasteiger partial charge is 0.208 e. The van der Waals surface area contributed by atoms with Gasteiger partial charge in [-0.1, -0.05) is 13.8 Å². The monoisotopic (exact) mass is 382 g/mol. The number of ketones is 1. The van der Waals surface area contributed by atoms with Crippen molar-refractivity contribution in [3.63, 3.8) is 0 Å². The van der Waals surface area contributed by atoms with Crippen molar-refractivity contribution < 1.29 is 35.1 Å². The second-order valence-electron chi connectivity index (χ2n) is 10.3. The zero-order chi connectivity index (χ0) is 19.6. The summed E-state index contributed by atoms with van der Waals surface area (Å²) in [4.78, 5) is 13.5. The van der Waals surface area contributed by atoms with Gasteiger partial charge in [0.15, 0.2) is 5.78 Å². The molecule has 7 heteroatoms. The van der Waals surface area contributed by atoms with E-state index in [1.807, 2.05) is 13.8 Å². The summed E-state index contributed by atoms with van der Waals surface area (Å²) in [6.07, 6.45) is -1.02. The highest BCUT2D eigenvalue weighted by Crippen LogP contribution is 2.76. The van der Waals surface area contributed by atoms with E-state index < -0.39 is 71.0 Å². The maximum atomic E-state index is 13.5. The van der Waals surface area contributed by atoms with Gasteiger partial charge in [0.2, 0.25) is 5.79 Å². The fourth-order valence-electron chi connectivity index (χ4n) is 8.31. The van der Waals surface area contributed by atoms with Crippen LogP contribution in [0.5, 0.6) is 0 Å².